The SMILES string of the molecule is Cc1ccccc1[C@@H]1C=C2Nc3ncnn3[C@H](c3ccccc3Cl)[C@H]2C(=O)C1. The van der Waals surface area contributed by atoms with Gasteiger partial charge in [-0.05, 0) is 29.7 Å². The highest BCUT2D eigenvalue weighted by molar-refractivity contribution is 6.31. The molecule has 5 rings (SSSR count). The highest BCUT2D eigenvalue weighted by Gasteiger charge is 2.43. The van der Waals surface area contributed by atoms with Crippen LogP contribution in [0.4, 0.5) is 5.95 Å². The monoisotopic (exact) mass is 390 g/mol. The van der Waals surface area contributed by atoms with Crippen LogP contribution in [0.25, 0.3) is 0 Å². The van der Waals surface area contributed by atoms with Gasteiger partial charge in [0.05, 0.1) is 12.0 Å². The number of aryl methyl sites for hydroxylation is 1. The summed E-state index contributed by atoms with van der Waals surface area (Å²) in [4.78, 5) is 17.7. The van der Waals surface area contributed by atoms with Crippen LogP contribution in [0.5, 0.6) is 0 Å². The number of aromatic nitrogens is 3. The molecule has 3 atom stereocenters. The number of hydrogen-bond donors (Lipinski definition) is 1. The molecule has 2 aromatic carbocycles. The Kier molecular flexibility index (Phi) is 4.05. The maximum absolute atomic E-state index is 13.4. The number of rotatable bonds is 2. The zero-order valence-corrected chi connectivity index (χ0v) is 16.1. The van der Waals surface area contributed by atoms with E-state index >= 15 is 0 Å². The van der Waals surface area contributed by atoms with E-state index in [0.717, 1.165) is 11.3 Å². The number of hydrogen-bond acceptors (Lipinski definition) is 4. The number of carbonyl (C=O) groups is 1. The van der Waals surface area contributed by atoms with E-state index in [2.05, 4.69) is 40.5 Å². The van der Waals surface area contributed by atoms with Gasteiger partial charge in [-0.15, -0.1) is 0 Å². The average Bonchev–Trinajstić information content (AvgIpc) is 3.15. The molecule has 0 spiro atoms. The lowest BCUT2D eigenvalue weighted by Gasteiger charge is -2.38. The number of fused-ring (bicyclic) bond motifs is 2. The van der Waals surface area contributed by atoms with Crippen LogP contribution in [-0.4, -0.2) is 20.5 Å². The Hall–Kier alpha value is -2.92. The summed E-state index contributed by atoms with van der Waals surface area (Å²) in [7, 11) is 0. The first-order chi connectivity index (χ1) is 13.6. The van der Waals surface area contributed by atoms with Crippen LogP contribution in [0.3, 0.4) is 0 Å². The third kappa shape index (κ3) is 2.66. The minimum Gasteiger partial charge on any atom is -0.328 e. The number of benzene rings is 2. The van der Waals surface area contributed by atoms with Crippen molar-refractivity contribution in [3.63, 3.8) is 0 Å². The molecule has 0 amide bonds. The summed E-state index contributed by atoms with van der Waals surface area (Å²) >= 11 is 6.50. The summed E-state index contributed by atoms with van der Waals surface area (Å²) in [5.41, 5.74) is 4.15. The van der Waals surface area contributed by atoms with Crippen molar-refractivity contribution in [1.29, 1.82) is 0 Å². The molecule has 140 valence electrons. The van der Waals surface area contributed by atoms with Crippen molar-refractivity contribution in [3.8, 4) is 0 Å². The highest BCUT2D eigenvalue weighted by Crippen LogP contribution is 2.45. The quantitative estimate of drug-likeness (QED) is 0.699. The molecule has 0 unspecified atom stereocenters. The summed E-state index contributed by atoms with van der Waals surface area (Å²) in [6, 6.07) is 15.6. The minimum absolute atomic E-state index is 0.0498. The molecule has 2 aliphatic rings. The largest absolute Gasteiger partial charge is 0.328 e. The predicted molar refractivity (Wildman–Crippen MR) is 108 cm³/mol. The first kappa shape index (κ1) is 17.2. The number of Topliss-reactive ketones (excluding diaryl/α,β-unsaturated/α-hetero) is 1. The average molecular weight is 391 g/mol. The third-order valence-corrected chi connectivity index (χ3v) is 6.05. The Balaban J connectivity index is 1.65. The molecule has 0 radical (unpaired) electrons. The van der Waals surface area contributed by atoms with Crippen molar-refractivity contribution in [2.24, 2.45) is 5.92 Å². The van der Waals surface area contributed by atoms with E-state index in [0.29, 0.717) is 17.4 Å². The van der Waals surface area contributed by atoms with Crippen molar-refractivity contribution in [2.45, 2.75) is 25.3 Å². The van der Waals surface area contributed by atoms with Gasteiger partial charge in [0.2, 0.25) is 5.95 Å². The molecule has 1 N–H and O–H groups in total. The number of anilines is 1. The van der Waals surface area contributed by atoms with Gasteiger partial charge in [0.1, 0.15) is 12.1 Å². The number of allylic oxidation sites excluding steroid dienone is 2. The van der Waals surface area contributed by atoms with Crippen LogP contribution in [-0.2, 0) is 4.79 Å². The molecule has 0 fully saturated rings. The molecule has 28 heavy (non-hydrogen) atoms. The molecule has 0 bridgehead atoms. The molecular formula is C22H19ClN4O. The summed E-state index contributed by atoms with van der Waals surface area (Å²) in [5.74, 6) is 0.512. The van der Waals surface area contributed by atoms with E-state index in [-0.39, 0.29) is 23.7 Å². The Morgan fingerprint density at radius 3 is 2.64 bits per heavy atom. The van der Waals surface area contributed by atoms with E-state index in [1.165, 1.54) is 17.5 Å². The second kappa shape index (κ2) is 6.60. The van der Waals surface area contributed by atoms with Crippen LogP contribution in [0.2, 0.25) is 5.02 Å². The molecule has 1 aliphatic carbocycles. The normalized spacial score (nSPS) is 23.4. The van der Waals surface area contributed by atoms with E-state index < -0.39 is 0 Å². The number of carbonyl (C=O) groups excluding carboxylic acids is 1. The lowest BCUT2D eigenvalue weighted by Crippen LogP contribution is -2.40. The van der Waals surface area contributed by atoms with E-state index in [1.807, 2.05) is 36.4 Å². The summed E-state index contributed by atoms with van der Waals surface area (Å²) in [6.07, 6.45) is 4.15. The van der Waals surface area contributed by atoms with Crippen molar-refractivity contribution < 1.29 is 4.79 Å². The number of ketones is 1. The Morgan fingerprint density at radius 1 is 1.11 bits per heavy atom. The molecule has 0 saturated carbocycles. The van der Waals surface area contributed by atoms with Crippen LogP contribution >= 0.6 is 11.6 Å². The fraction of sp³-hybridized carbons (Fsp3) is 0.227. The smallest absolute Gasteiger partial charge is 0.226 e. The molecule has 1 aliphatic heterocycles. The molecule has 3 aromatic rings. The van der Waals surface area contributed by atoms with Gasteiger partial charge in [0.15, 0.2) is 0 Å². The number of nitrogens with zero attached hydrogens (tertiary/aromatic N) is 3. The maximum Gasteiger partial charge on any atom is 0.226 e. The fourth-order valence-electron chi connectivity index (χ4n) is 4.40. The van der Waals surface area contributed by atoms with Crippen molar-refractivity contribution in [1.82, 2.24) is 14.8 Å². The second-order valence-electron chi connectivity index (χ2n) is 7.35. The maximum atomic E-state index is 13.4. The van der Waals surface area contributed by atoms with Gasteiger partial charge in [-0.1, -0.05) is 60.1 Å². The van der Waals surface area contributed by atoms with Crippen LogP contribution in [0, 0.1) is 12.8 Å². The summed E-state index contributed by atoms with van der Waals surface area (Å²) in [5, 5.41) is 8.34. The van der Waals surface area contributed by atoms with Crippen molar-refractivity contribution >= 4 is 23.3 Å². The van der Waals surface area contributed by atoms with Gasteiger partial charge in [-0.3, -0.25) is 4.79 Å². The lowest BCUT2D eigenvalue weighted by molar-refractivity contribution is -0.123. The topological polar surface area (TPSA) is 59.8 Å². The molecule has 1 aromatic heterocycles. The van der Waals surface area contributed by atoms with Gasteiger partial charge in [-0.25, -0.2) is 4.68 Å². The van der Waals surface area contributed by atoms with Gasteiger partial charge < -0.3 is 5.32 Å². The van der Waals surface area contributed by atoms with Gasteiger partial charge in [0.25, 0.3) is 0 Å². The molecular weight excluding hydrogens is 372 g/mol. The zero-order valence-electron chi connectivity index (χ0n) is 15.3. The molecule has 2 heterocycles. The van der Waals surface area contributed by atoms with Gasteiger partial charge in [0, 0.05) is 23.1 Å². The molecule has 5 nitrogen and oxygen atoms in total. The molecule has 6 heteroatoms. The third-order valence-electron chi connectivity index (χ3n) is 5.70. The second-order valence-corrected chi connectivity index (χ2v) is 7.76. The minimum atomic E-state index is -0.352. The van der Waals surface area contributed by atoms with Crippen LogP contribution < -0.4 is 5.32 Å². The Labute approximate surface area is 168 Å². The highest BCUT2D eigenvalue weighted by atomic mass is 35.5. The van der Waals surface area contributed by atoms with Gasteiger partial charge >= 0.3 is 0 Å². The summed E-state index contributed by atoms with van der Waals surface area (Å²) < 4.78 is 1.77. The van der Waals surface area contributed by atoms with Gasteiger partial charge in [-0.2, -0.15) is 10.1 Å². The predicted octanol–water partition coefficient (Wildman–Crippen LogP) is 4.51. The van der Waals surface area contributed by atoms with E-state index in [9.17, 15) is 4.79 Å². The number of nitrogens with one attached hydrogen (secondary N) is 1. The number of halogens is 1. The standard InChI is InChI=1S/C22H19ClN4O/c1-13-6-2-3-7-15(13)14-10-18-20(19(28)11-14)21(16-8-4-5-9-17(16)23)27-22(26-18)24-12-25-27/h2-10,12,14,20-21H,11H2,1H3,(H,24,25,26)/t14-,20-,21-/m1/s1. The zero-order chi connectivity index (χ0) is 19.3. The van der Waals surface area contributed by atoms with Crippen LogP contribution in [0.15, 0.2) is 66.6 Å². The van der Waals surface area contributed by atoms with E-state index in [1.54, 1.807) is 4.68 Å². The van der Waals surface area contributed by atoms with E-state index in [4.69, 9.17) is 11.6 Å². The van der Waals surface area contributed by atoms with Crippen LogP contribution in [0.1, 0.15) is 35.1 Å². The Bertz CT molecular complexity index is 1100. The summed E-state index contributed by atoms with van der Waals surface area (Å²) in [6.45, 7) is 2.09. The fourth-order valence-corrected chi connectivity index (χ4v) is 4.65. The lowest BCUT2D eigenvalue weighted by atomic mass is 9.75. The first-order valence-electron chi connectivity index (χ1n) is 9.34. The van der Waals surface area contributed by atoms with Crippen molar-refractivity contribution in [3.05, 3.63) is 88.3 Å². The Morgan fingerprint density at radius 2 is 1.86 bits per heavy atom. The molecule has 0 saturated heterocycles. The first-order valence-corrected chi connectivity index (χ1v) is 9.72. The van der Waals surface area contributed by atoms with Crippen molar-refractivity contribution in [2.75, 3.05) is 5.32 Å².